The molecular formula is C12H16FNO2S. The molecule has 0 saturated heterocycles. The first-order valence-electron chi connectivity index (χ1n) is 5.41. The summed E-state index contributed by atoms with van der Waals surface area (Å²) < 4.78 is 12.6. The van der Waals surface area contributed by atoms with Crippen LogP contribution >= 0.6 is 11.8 Å². The molecule has 2 N–H and O–H groups in total. The smallest absolute Gasteiger partial charge is 0.220 e. The number of hydrogen-bond donors (Lipinski definition) is 2. The molecule has 0 heterocycles. The third-order valence-corrected chi connectivity index (χ3v) is 3.02. The normalized spacial score (nSPS) is 12.2. The summed E-state index contributed by atoms with van der Waals surface area (Å²) in [6.07, 6.45) is -0.141. The Bertz CT molecular complexity index is 354. The van der Waals surface area contributed by atoms with Crippen molar-refractivity contribution in [2.75, 3.05) is 12.3 Å². The molecule has 1 atom stereocenters. The average molecular weight is 257 g/mol. The van der Waals surface area contributed by atoms with Crippen LogP contribution in [0.25, 0.3) is 0 Å². The third-order valence-electron chi connectivity index (χ3n) is 2.01. The molecule has 0 aliphatic rings. The Kier molecular flexibility index (Phi) is 6.00. The largest absolute Gasteiger partial charge is 0.392 e. The van der Waals surface area contributed by atoms with Gasteiger partial charge in [0.25, 0.3) is 0 Å². The van der Waals surface area contributed by atoms with Crippen molar-refractivity contribution in [1.29, 1.82) is 0 Å². The van der Waals surface area contributed by atoms with E-state index in [0.717, 1.165) is 4.90 Å². The second-order valence-corrected chi connectivity index (χ2v) is 4.87. The minimum atomic E-state index is -0.524. The summed E-state index contributed by atoms with van der Waals surface area (Å²) in [6, 6.07) is 6.17. The molecule has 0 aliphatic heterocycles. The molecule has 0 fully saturated rings. The average Bonchev–Trinajstić information content (AvgIpc) is 2.29. The number of aliphatic hydroxyl groups is 1. The lowest BCUT2D eigenvalue weighted by Crippen LogP contribution is -2.30. The molecule has 0 bridgehead atoms. The number of aliphatic hydroxyl groups excluding tert-OH is 1. The van der Waals surface area contributed by atoms with E-state index >= 15 is 0 Å². The van der Waals surface area contributed by atoms with E-state index < -0.39 is 6.10 Å². The van der Waals surface area contributed by atoms with Crippen LogP contribution in [0.5, 0.6) is 0 Å². The van der Waals surface area contributed by atoms with Gasteiger partial charge in [-0.15, -0.1) is 11.8 Å². The Morgan fingerprint density at radius 3 is 2.71 bits per heavy atom. The first-order chi connectivity index (χ1) is 8.08. The molecule has 3 nitrogen and oxygen atoms in total. The fourth-order valence-corrected chi connectivity index (χ4v) is 1.99. The lowest BCUT2D eigenvalue weighted by atomic mass is 10.3. The summed E-state index contributed by atoms with van der Waals surface area (Å²) in [6.45, 7) is 1.90. The molecule has 0 aliphatic carbocycles. The number of benzene rings is 1. The maximum atomic E-state index is 12.6. The molecule has 1 rings (SSSR count). The number of carbonyl (C=O) groups is 1. The van der Waals surface area contributed by atoms with Crippen LogP contribution in [0.15, 0.2) is 29.2 Å². The highest BCUT2D eigenvalue weighted by molar-refractivity contribution is 7.99. The van der Waals surface area contributed by atoms with Crippen LogP contribution in [0, 0.1) is 5.82 Å². The summed E-state index contributed by atoms with van der Waals surface area (Å²) in [7, 11) is 0. The summed E-state index contributed by atoms with van der Waals surface area (Å²) in [4.78, 5) is 12.2. The van der Waals surface area contributed by atoms with Gasteiger partial charge in [-0.3, -0.25) is 4.79 Å². The monoisotopic (exact) mass is 257 g/mol. The molecule has 0 saturated carbocycles. The summed E-state index contributed by atoms with van der Waals surface area (Å²) in [5, 5.41) is 11.6. The van der Waals surface area contributed by atoms with Gasteiger partial charge >= 0.3 is 0 Å². The van der Waals surface area contributed by atoms with Crippen molar-refractivity contribution in [1.82, 2.24) is 5.32 Å². The van der Waals surface area contributed by atoms with Crippen LogP contribution in [0.3, 0.4) is 0 Å². The second kappa shape index (κ2) is 7.29. The Hall–Kier alpha value is -1.07. The Labute approximate surface area is 104 Å². The molecule has 0 unspecified atom stereocenters. The highest BCUT2D eigenvalue weighted by Crippen LogP contribution is 2.18. The van der Waals surface area contributed by atoms with Crippen molar-refractivity contribution in [3.63, 3.8) is 0 Å². The number of amides is 1. The van der Waals surface area contributed by atoms with E-state index in [1.165, 1.54) is 23.9 Å². The highest BCUT2D eigenvalue weighted by atomic mass is 32.2. The predicted molar refractivity (Wildman–Crippen MR) is 66.4 cm³/mol. The van der Waals surface area contributed by atoms with Crippen LogP contribution in [-0.2, 0) is 4.79 Å². The zero-order valence-corrected chi connectivity index (χ0v) is 10.5. The van der Waals surface area contributed by atoms with Crippen LogP contribution in [0.2, 0.25) is 0 Å². The van der Waals surface area contributed by atoms with Gasteiger partial charge in [-0.1, -0.05) is 0 Å². The zero-order valence-electron chi connectivity index (χ0n) is 9.65. The molecule has 0 radical (unpaired) electrons. The minimum Gasteiger partial charge on any atom is -0.392 e. The number of thioether (sulfide) groups is 1. The van der Waals surface area contributed by atoms with E-state index in [4.69, 9.17) is 5.11 Å². The lowest BCUT2D eigenvalue weighted by Gasteiger charge is -2.06. The van der Waals surface area contributed by atoms with Gasteiger partial charge in [0.1, 0.15) is 5.82 Å². The molecular weight excluding hydrogens is 241 g/mol. The van der Waals surface area contributed by atoms with Crippen LogP contribution < -0.4 is 5.32 Å². The summed E-state index contributed by atoms with van der Waals surface area (Å²) in [5.41, 5.74) is 0. The van der Waals surface area contributed by atoms with Crippen molar-refractivity contribution in [2.45, 2.75) is 24.3 Å². The van der Waals surface area contributed by atoms with Crippen molar-refractivity contribution in [2.24, 2.45) is 0 Å². The van der Waals surface area contributed by atoms with Crippen molar-refractivity contribution < 1.29 is 14.3 Å². The molecule has 1 aromatic rings. The SMILES string of the molecule is C[C@@H](O)CNC(=O)CCSc1ccc(F)cc1. The summed E-state index contributed by atoms with van der Waals surface area (Å²) in [5.74, 6) is 0.293. The first kappa shape index (κ1) is 14.0. The fourth-order valence-electron chi connectivity index (χ4n) is 1.14. The quantitative estimate of drug-likeness (QED) is 0.764. The van der Waals surface area contributed by atoms with Gasteiger partial charge in [0, 0.05) is 23.6 Å². The minimum absolute atomic E-state index is 0.0829. The van der Waals surface area contributed by atoms with E-state index in [1.807, 2.05) is 0 Å². The molecule has 94 valence electrons. The number of hydrogen-bond acceptors (Lipinski definition) is 3. The van der Waals surface area contributed by atoms with Gasteiger partial charge in [-0.2, -0.15) is 0 Å². The van der Waals surface area contributed by atoms with Gasteiger partial charge < -0.3 is 10.4 Å². The van der Waals surface area contributed by atoms with Crippen molar-refractivity contribution >= 4 is 17.7 Å². The lowest BCUT2D eigenvalue weighted by molar-refractivity contribution is -0.121. The van der Waals surface area contributed by atoms with Crippen molar-refractivity contribution in [3.8, 4) is 0 Å². The second-order valence-electron chi connectivity index (χ2n) is 3.71. The van der Waals surface area contributed by atoms with E-state index in [1.54, 1.807) is 19.1 Å². The fraction of sp³-hybridized carbons (Fsp3) is 0.417. The standard InChI is InChI=1S/C12H16FNO2S/c1-9(15)8-14-12(16)6-7-17-11-4-2-10(13)3-5-11/h2-5,9,15H,6-8H2,1H3,(H,14,16)/t9-/m1/s1. The van der Waals surface area contributed by atoms with Gasteiger partial charge in [0.2, 0.25) is 5.91 Å². The Morgan fingerprint density at radius 2 is 2.12 bits per heavy atom. The van der Waals surface area contributed by atoms with Gasteiger partial charge in [-0.05, 0) is 31.2 Å². The number of rotatable bonds is 6. The van der Waals surface area contributed by atoms with Crippen LogP contribution in [-0.4, -0.2) is 29.4 Å². The van der Waals surface area contributed by atoms with Crippen LogP contribution in [0.4, 0.5) is 4.39 Å². The van der Waals surface area contributed by atoms with E-state index in [2.05, 4.69) is 5.32 Å². The molecule has 1 amide bonds. The highest BCUT2D eigenvalue weighted by Gasteiger charge is 2.03. The molecule has 1 aromatic carbocycles. The van der Waals surface area contributed by atoms with Gasteiger partial charge in [0.05, 0.1) is 6.10 Å². The van der Waals surface area contributed by atoms with Gasteiger partial charge in [-0.25, -0.2) is 4.39 Å². The molecule has 0 spiro atoms. The number of nitrogens with one attached hydrogen (secondary N) is 1. The summed E-state index contributed by atoms with van der Waals surface area (Å²) >= 11 is 1.50. The van der Waals surface area contributed by atoms with E-state index in [-0.39, 0.29) is 18.3 Å². The van der Waals surface area contributed by atoms with Crippen molar-refractivity contribution in [3.05, 3.63) is 30.1 Å². The number of halogens is 1. The molecule has 17 heavy (non-hydrogen) atoms. The Morgan fingerprint density at radius 1 is 1.47 bits per heavy atom. The number of carbonyl (C=O) groups excluding carboxylic acids is 1. The zero-order chi connectivity index (χ0) is 12.7. The maximum Gasteiger partial charge on any atom is 0.220 e. The molecule has 5 heteroatoms. The maximum absolute atomic E-state index is 12.6. The predicted octanol–water partition coefficient (Wildman–Crippen LogP) is 1.80. The third kappa shape index (κ3) is 6.28. The van der Waals surface area contributed by atoms with Gasteiger partial charge in [0.15, 0.2) is 0 Å². The van der Waals surface area contributed by atoms with E-state index in [9.17, 15) is 9.18 Å². The molecule has 0 aromatic heterocycles. The van der Waals surface area contributed by atoms with Crippen LogP contribution in [0.1, 0.15) is 13.3 Å². The topological polar surface area (TPSA) is 49.3 Å². The van der Waals surface area contributed by atoms with E-state index in [0.29, 0.717) is 12.2 Å². The first-order valence-corrected chi connectivity index (χ1v) is 6.39. The Balaban J connectivity index is 2.19.